The fourth-order valence-electron chi connectivity index (χ4n) is 2.01. The van der Waals surface area contributed by atoms with E-state index in [1.807, 2.05) is 31.2 Å². The van der Waals surface area contributed by atoms with Crippen LogP contribution in [0.25, 0.3) is 22.4 Å². The van der Waals surface area contributed by atoms with E-state index in [1.54, 1.807) is 6.20 Å². The van der Waals surface area contributed by atoms with Crippen LogP contribution >= 0.6 is 0 Å². The summed E-state index contributed by atoms with van der Waals surface area (Å²) in [6.45, 7) is 2.38. The van der Waals surface area contributed by atoms with E-state index in [0.717, 1.165) is 28.2 Å². The maximum atomic E-state index is 5.52. The summed E-state index contributed by atoms with van der Waals surface area (Å²) >= 11 is 0. The first-order valence-electron chi connectivity index (χ1n) is 6.16. The number of rotatable bonds is 3. The highest BCUT2D eigenvalue weighted by Crippen LogP contribution is 2.23. The quantitative estimate of drug-likeness (QED) is 0.774. The molecule has 0 aliphatic heterocycles. The molecule has 3 rings (SSSR count). The van der Waals surface area contributed by atoms with Crippen molar-refractivity contribution in [3.05, 3.63) is 42.2 Å². The summed E-state index contributed by atoms with van der Waals surface area (Å²) in [4.78, 5) is 13.0. The fourth-order valence-corrected chi connectivity index (χ4v) is 2.01. The van der Waals surface area contributed by atoms with Gasteiger partial charge in [0.1, 0.15) is 11.3 Å². The Morgan fingerprint density at radius 1 is 1.21 bits per heavy atom. The normalized spacial score (nSPS) is 11.1. The summed E-state index contributed by atoms with van der Waals surface area (Å²) in [7, 11) is 0. The molecule has 0 saturated carbocycles. The van der Waals surface area contributed by atoms with E-state index in [1.165, 1.54) is 0 Å². The van der Waals surface area contributed by atoms with Crippen molar-refractivity contribution in [2.45, 2.75) is 13.3 Å². The number of aryl methyl sites for hydroxylation is 1. The summed E-state index contributed by atoms with van der Waals surface area (Å²) in [5.74, 6) is 1.43. The SMILES string of the molecule is Cc1nc2cc(-c3ccnc(CCN)n3)ccc2o1. The molecular weight excluding hydrogens is 240 g/mol. The Morgan fingerprint density at radius 2 is 2.11 bits per heavy atom. The van der Waals surface area contributed by atoms with Crippen molar-refractivity contribution in [3.63, 3.8) is 0 Å². The van der Waals surface area contributed by atoms with Gasteiger partial charge in [0.05, 0.1) is 5.69 Å². The Hall–Kier alpha value is -2.27. The Kier molecular flexibility index (Phi) is 2.97. The van der Waals surface area contributed by atoms with Crippen molar-refractivity contribution in [2.75, 3.05) is 6.54 Å². The Bertz CT molecular complexity index is 720. The highest BCUT2D eigenvalue weighted by Gasteiger charge is 2.06. The van der Waals surface area contributed by atoms with Crippen LogP contribution in [0.15, 0.2) is 34.9 Å². The Balaban J connectivity index is 2.05. The highest BCUT2D eigenvalue weighted by atomic mass is 16.3. The van der Waals surface area contributed by atoms with E-state index in [2.05, 4.69) is 15.0 Å². The van der Waals surface area contributed by atoms with Crippen molar-refractivity contribution < 1.29 is 4.42 Å². The van der Waals surface area contributed by atoms with Crippen LogP contribution < -0.4 is 5.73 Å². The van der Waals surface area contributed by atoms with Crippen molar-refractivity contribution in [3.8, 4) is 11.3 Å². The molecule has 0 aliphatic rings. The predicted octanol–water partition coefficient (Wildman–Crippen LogP) is 2.09. The first-order valence-corrected chi connectivity index (χ1v) is 6.16. The average Bonchev–Trinajstić information content (AvgIpc) is 2.78. The molecule has 0 saturated heterocycles. The summed E-state index contributed by atoms with van der Waals surface area (Å²) in [5.41, 5.74) is 9.03. The van der Waals surface area contributed by atoms with Crippen LogP contribution in [0, 0.1) is 6.92 Å². The molecule has 2 N–H and O–H groups in total. The molecule has 96 valence electrons. The number of aromatic nitrogens is 3. The van der Waals surface area contributed by atoms with Gasteiger partial charge in [-0.25, -0.2) is 15.0 Å². The summed E-state index contributed by atoms with van der Waals surface area (Å²) in [6, 6.07) is 7.74. The lowest BCUT2D eigenvalue weighted by atomic mass is 10.1. The van der Waals surface area contributed by atoms with E-state index >= 15 is 0 Å². The summed E-state index contributed by atoms with van der Waals surface area (Å²) in [6.07, 6.45) is 2.44. The van der Waals surface area contributed by atoms with Crippen molar-refractivity contribution in [1.82, 2.24) is 15.0 Å². The van der Waals surface area contributed by atoms with Crippen LogP contribution in [0.2, 0.25) is 0 Å². The van der Waals surface area contributed by atoms with Crippen molar-refractivity contribution in [1.29, 1.82) is 0 Å². The van der Waals surface area contributed by atoms with Gasteiger partial charge in [0.25, 0.3) is 0 Å². The first-order chi connectivity index (χ1) is 9.26. The van der Waals surface area contributed by atoms with Gasteiger partial charge in [0, 0.05) is 25.1 Å². The molecule has 5 heteroatoms. The van der Waals surface area contributed by atoms with Gasteiger partial charge in [-0.2, -0.15) is 0 Å². The molecule has 0 unspecified atom stereocenters. The van der Waals surface area contributed by atoms with Crippen LogP contribution in [0.5, 0.6) is 0 Å². The number of benzene rings is 1. The molecule has 0 aliphatic carbocycles. The zero-order valence-corrected chi connectivity index (χ0v) is 10.6. The van der Waals surface area contributed by atoms with Gasteiger partial charge in [-0.1, -0.05) is 0 Å². The standard InChI is InChI=1S/C14H14N4O/c1-9-17-12-8-10(2-3-13(12)19-9)11-5-7-16-14(18-11)4-6-15/h2-3,5,7-8H,4,6,15H2,1H3. The Labute approximate surface area is 110 Å². The first kappa shape index (κ1) is 11.8. The lowest BCUT2D eigenvalue weighted by molar-refractivity contribution is 0.561. The van der Waals surface area contributed by atoms with Crippen LogP contribution in [0.1, 0.15) is 11.7 Å². The van der Waals surface area contributed by atoms with Crippen LogP contribution in [-0.4, -0.2) is 21.5 Å². The second-order valence-electron chi connectivity index (χ2n) is 4.31. The van der Waals surface area contributed by atoms with Gasteiger partial charge < -0.3 is 10.2 Å². The molecular formula is C14H14N4O. The number of oxazole rings is 1. The zero-order chi connectivity index (χ0) is 13.2. The van der Waals surface area contributed by atoms with Crippen LogP contribution in [0.3, 0.4) is 0 Å². The van der Waals surface area contributed by atoms with Crippen molar-refractivity contribution >= 4 is 11.1 Å². The van der Waals surface area contributed by atoms with Gasteiger partial charge in [0.2, 0.25) is 0 Å². The molecule has 1 aromatic carbocycles. The van der Waals surface area contributed by atoms with E-state index < -0.39 is 0 Å². The second kappa shape index (κ2) is 4.78. The average molecular weight is 254 g/mol. The van der Waals surface area contributed by atoms with Crippen LogP contribution in [-0.2, 0) is 6.42 Å². The smallest absolute Gasteiger partial charge is 0.192 e. The maximum absolute atomic E-state index is 5.52. The second-order valence-corrected chi connectivity index (χ2v) is 4.31. The van der Waals surface area contributed by atoms with Gasteiger partial charge >= 0.3 is 0 Å². The number of nitrogens with two attached hydrogens (primary N) is 1. The molecule has 0 amide bonds. The topological polar surface area (TPSA) is 77.8 Å². The molecule has 5 nitrogen and oxygen atoms in total. The molecule has 0 bridgehead atoms. The van der Waals surface area contributed by atoms with Gasteiger partial charge in [-0.3, -0.25) is 0 Å². The highest BCUT2D eigenvalue weighted by molar-refractivity contribution is 5.79. The lowest BCUT2D eigenvalue weighted by Gasteiger charge is -2.02. The number of nitrogens with zero attached hydrogens (tertiary/aromatic N) is 3. The monoisotopic (exact) mass is 254 g/mol. The van der Waals surface area contributed by atoms with Crippen molar-refractivity contribution in [2.24, 2.45) is 5.73 Å². The molecule has 3 aromatic rings. The van der Waals surface area contributed by atoms with Gasteiger partial charge in [-0.15, -0.1) is 0 Å². The van der Waals surface area contributed by atoms with E-state index in [4.69, 9.17) is 10.2 Å². The van der Waals surface area contributed by atoms with E-state index in [9.17, 15) is 0 Å². The molecule has 2 heterocycles. The minimum absolute atomic E-state index is 0.547. The molecule has 19 heavy (non-hydrogen) atoms. The minimum atomic E-state index is 0.547. The van der Waals surface area contributed by atoms with Crippen LogP contribution in [0.4, 0.5) is 0 Å². The zero-order valence-electron chi connectivity index (χ0n) is 10.6. The minimum Gasteiger partial charge on any atom is -0.441 e. The third kappa shape index (κ3) is 2.32. The van der Waals surface area contributed by atoms with E-state index in [-0.39, 0.29) is 0 Å². The third-order valence-corrected chi connectivity index (χ3v) is 2.86. The number of fused-ring (bicyclic) bond motifs is 1. The number of hydrogen-bond donors (Lipinski definition) is 1. The number of hydrogen-bond acceptors (Lipinski definition) is 5. The molecule has 0 atom stereocenters. The fraction of sp³-hybridized carbons (Fsp3) is 0.214. The third-order valence-electron chi connectivity index (χ3n) is 2.86. The largest absolute Gasteiger partial charge is 0.441 e. The molecule has 0 spiro atoms. The summed E-state index contributed by atoms with van der Waals surface area (Å²) < 4.78 is 5.46. The van der Waals surface area contributed by atoms with Gasteiger partial charge in [0.15, 0.2) is 11.5 Å². The molecule has 0 fully saturated rings. The molecule has 2 aromatic heterocycles. The van der Waals surface area contributed by atoms with Gasteiger partial charge in [-0.05, 0) is 30.8 Å². The summed E-state index contributed by atoms with van der Waals surface area (Å²) in [5, 5.41) is 0. The molecule has 0 radical (unpaired) electrons. The maximum Gasteiger partial charge on any atom is 0.192 e. The van der Waals surface area contributed by atoms with E-state index in [0.29, 0.717) is 18.9 Å². The Morgan fingerprint density at radius 3 is 2.95 bits per heavy atom. The lowest BCUT2D eigenvalue weighted by Crippen LogP contribution is -2.06. The predicted molar refractivity (Wildman–Crippen MR) is 72.5 cm³/mol.